The summed E-state index contributed by atoms with van der Waals surface area (Å²) in [7, 11) is 0. The van der Waals surface area contributed by atoms with Gasteiger partial charge in [0.1, 0.15) is 0 Å². The van der Waals surface area contributed by atoms with E-state index in [9.17, 15) is 9.90 Å². The van der Waals surface area contributed by atoms with Gasteiger partial charge in [-0.3, -0.25) is 4.90 Å². The first-order chi connectivity index (χ1) is 12.2. The summed E-state index contributed by atoms with van der Waals surface area (Å²) in [5.41, 5.74) is 1.35. The molecule has 1 aromatic rings. The van der Waals surface area contributed by atoms with Crippen molar-refractivity contribution in [2.45, 2.75) is 51.2 Å². The number of hydrogen-bond acceptors (Lipinski definition) is 3. The zero-order valence-electron chi connectivity index (χ0n) is 15.2. The molecule has 2 unspecified atom stereocenters. The molecular formula is C20H31N3O2. The van der Waals surface area contributed by atoms with E-state index in [-0.39, 0.29) is 18.7 Å². The number of benzene rings is 1. The maximum absolute atomic E-state index is 12.5. The number of amides is 2. The summed E-state index contributed by atoms with van der Waals surface area (Å²) in [6.45, 7) is 6.03. The molecule has 2 aliphatic rings. The van der Waals surface area contributed by atoms with E-state index in [0.29, 0.717) is 12.0 Å². The van der Waals surface area contributed by atoms with Crippen LogP contribution in [-0.4, -0.2) is 59.3 Å². The quantitative estimate of drug-likeness (QED) is 0.881. The highest BCUT2D eigenvalue weighted by Gasteiger charge is 2.29. The van der Waals surface area contributed by atoms with Gasteiger partial charge in [-0.1, -0.05) is 30.3 Å². The number of hydrogen-bond donors (Lipinski definition) is 2. The van der Waals surface area contributed by atoms with Crippen LogP contribution in [0.2, 0.25) is 0 Å². The smallest absolute Gasteiger partial charge is 0.317 e. The summed E-state index contributed by atoms with van der Waals surface area (Å²) in [4.78, 5) is 16.9. The van der Waals surface area contributed by atoms with Crippen LogP contribution in [0.15, 0.2) is 30.3 Å². The van der Waals surface area contributed by atoms with Crippen LogP contribution in [0.25, 0.3) is 0 Å². The average molecular weight is 345 g/mol. The number of aliphatic hydroxyl groups is 1. The molecule has 2 atom stereocenters. The third kappa shape index (κ3) is 4.95. The Hall–Kier alpha value is -1.59. The number of nitrogens with one attached hydrogen (secondary N) is 1. The molecule has 0 aromatic heterocycles. The first-order valence-corrected chi connectivity index (χ1v) is 9.60. The van der Waals surface area contributed by atoms with Crippen LogP contribution in [0.5, 0.6) is 0 Å². The van der Waals surface area contributed by atoms with E-state index in [0.717, 1.165) is 51.9 Å². The molecule has 5 nitrogen and oxygen atoms in total. The number of rotatable bonds is 4. The van der Waals surface area contributed by atoms with E-state index in [1.165, 1.54) is 5.56 Å². The number of piperidine rings is 2. The minimum absolute atomic E-state index is 0.0742. The van der Waals surface area contributed by atoms with Crippen LogP contribution in [-0.2, 0) is 6.54 Å². The normalized spacial score (nSPS) is 25.8. The second kappa shape index (κ2) is 8.68. The lowest BCUT2D eigenvalue weighted by atomic mass is 9.97. The Balaban J connectivity index is 1.44. The van der Waals surface area contributed by atoms with Crippen LogP contribution in [0.1, 0.15) is 38.2 Å². The lowest BCUT2D eigenvalue weighted by molar-refractivity contribution is 0.115. The Kier molecular flexibility index (Phi) is 6.32. The van der Waals surface area contributed by atoms with E-state index in [1.807, 2.05) is 4.90 Å². The number of aliphatic hydroxyl groups excluding tert-OH is 1. The molecular weight excluding hydrogens is 314 g/mol. The molecule has 0 aliphatic carbocycles. The summed E-state index contributed by atoms with van der Waals surface area (Å²) < 4.78 is 0. The number of urea groups is 1. The standard InChI is InChI=1S/C20H31N3O2/c1-16-13-19(9-12-23(16)14-17-5-3-2-4-6-17)21-20(25)22-10-7-18(15-24)8-11-22/h2-6,16,18-19,24H,7-15H2,1H3,(H,21,25). The van der Waals surface area contributed by atoms with Gasteiger partial charge in [-0.15, -0.1) is 0 Å². The summed E-state index contributed by atoms with van der Waals surface area (Å²) >= 11 is 0. The highest BCUT2D eigenvalue weighted by molar-refractivity contribution is 5.74. The van der Waals surface area contributed by atoms with Crippen molar-refractivity contribution < 1.29 is 9.90 Å². The number of carbonyl (C=O) groups excluding carboxylic acids is 1. The fourth-order valence-electron chi connectivity index (χ4n) is 3.99. The molecule has 2 fully saturated rings. The molecule has 2 saturated heterocycles. The highest BCUT2D eigenvalue weighted by Crippen LogP contribution is 2.21. The predicted octanol–water partition coefficient (Wildman–Crippen LogP) is 2.45. The zero-order chi connectivity index (χ0) is 17.6. The van der Waals surface area contributed by atoms with E-state index in [1.54, 1.807) is 0 Å². The van der Waals surface area contributed by atoms with Gasteiger partial charge in [0.05, 0.1) is 0 Å². The second-order valence-corrected chi connectivity index (χ2v) is 7.59. The van der Waals surface area contributed by atoms with E-state index < -0.39 is 0 Å². The summed E-state index contributed by atoms with van der Waals surface area (Å²) in [6, 6.07) is 11.4. The minimum atomic E-state index is 0.0742. The van der Waals surface area contributed by atoms with Crippen LogP contribution in [0, 0.1) is 5.92 Å². The molecule has 0 saturated carbocycles. The molecule has 5 heteroatoms. The van der Waals surface area contributed by atoms with Gasteiger partial charge in [-0.05, 0) is 44.1 Å². The van der Waals surface area contributed by atoms with Gasteiger partial charge in [-0.2, -0.15) is 0 Å². The second-order valence-electron chi connectivity index (χ2n) is 7.59. The van der Waals surface area contributed by atoms with Gasteiger partial charge in [-0.25, -0.2) is 4.79 Å². The molecule has 2 N–H and O–H groups in total. The molecule has 138 valence electrons. The van der Waals surface area contributed by atoms with E-state index in [4.69, 9.17) is 0 Å². The SMILES string of the molecule is CC1CC(NC(=O)N2CCC(CO)CC2)CCN1Cc1ccccc1. The van der Waals surface area contributed by atoms with Crippen molar-refractivity contribution in [1.29, 1.82) is 0 Å². The van der Waals surface area contributed by atoms with Crippen molar-refractivity contribution in [2.24, 2.45) is 5.92 Å². The fraction of sp³-hybridized carbons (Fsp3) is 0.650. The molecule has 0 bridgehead atoms. The Morgan fingerprint density at radius 3 is 2.52 bits per heavy atom. The first kappa shape index (κ1) is 18.2. The Bertz CT molecular complexity index is 543. The fourth-order valence-corrected chi connectivity index (χ4v) is 3.99. The van der Waals surface area contributed by atoms with Crippen molar-refractivity contribution in [2.75, 3.05) is 26.2 Å². The minimum Gasteiger partial charge on any atom is -0.396 e. The average Bonchev–Trinajstić information content (AvgIpc) is 2.65. The molecule has 0 radical (unpaired) electrons. The van der Waals surface area contributed by atoms with Crippen molar-refractivity contribution in [1.82, 2.24) is 15.1 Å². The van der Waals surface area contributed by atoms with E-state index in [2.05, 4.69) is 47.5 Å². The summed E-state index contributed by atoms with van der Waals surface area (Å²) in [5.74, 6) is 0.366. The van der Waals surface area contributed by atoms with Gasteiger partial charge in [0, 0.05) is 44.9 Å². The zero-order valence-corrected chi connectivity index (χ0v) is 15.2. The van der Waals surface area contributed by atoms with Gasteiger partial charge >= 0.3 is 6.03 Å². The van der Waals surface area contributed by atoms with Crippen molar-refractivity contribution in [3.05, 3.63) is 35.9 Å². The lowest BCUT2D eigenvalue weighted by Crippen LogP contribution is -2.52. The Morgan fingerprint density at radius 1 is 1.16 bits per heavy atom. The molecule has 1 aromatic carbocycles. The van der Waals surface area contributed by atoms with Gasteiger partial charge in [0.15, 0.2) is 0 Å². The number of likely N-dealkylation sites (tertiary alicyclic amines) is 2. The third-order valence-electron chi connectivity index (χ3n) is 5.73. The molecule has 0 spiro atoms. The molecule has 2 heterocycles. The van der Waals surface area contributed by atoms with Gasteiger partial charge < -0.3 is 15.3 Å². The van der Waals surface area contributed by atoms with Crippen LogP contribution in [0.4, 0.5) is 4.79 Å². The third-order valence-corrected chi connectivity index (χ3v) is 5.73. The summed E-state index contributed by atoms with van der Waals surface area (Å²) in [6.07, 6.45) is 3.84. The van der Waals surface area contributed by atoms with Crippen molar-refractivity contribution in [3.63, 3.8) is 0 Å². The van der Waals surface area contributed by atoms with Crippen molar-refractivity contribution >= 4 is 6.03 Å². The molecule has 3 rings (SSSR count). The monoisotopic (exact) mass is 345 g/mol. The predicted molar refractivity (Wildman–Crippen MR) is 99.3 cm³/mol. The topological polar surface area (TPSA) is 55.8 Å². The Labute approximate surface area is 151 Å². The number of nitrogens with zero attached hydrogens (tertiary/aromatic N) is 2. The molecule has 2 aliphatic heterocycles. The molecule has 2 amide bonds. The maximum atomic E-state index is 12.5. The van der Waals surface area contributed by atoms with Crippen LogP contribution >= 0.6 is 0 Å². The molecule has 25 heavy (non-hydrogen) atoms. The summed E-state index contributed by atoms with van der Waals surface area (Å²) in [5, 5.41) is 12.4. The van der Waals surface area contributed by atoms with Crippen LogP contribution < -0.4 is 5.32 Å². The van der Waals surface area contributed by atoms with Gasteiger partial charge in [0.2, 0.25) is 0 Å². The van der Waals surface area contributed by atoms with Gasteiger partial charge in [0.25, 0.3) is 0 Å². The largest absolute Gasteiger partial charge is 0.396 e. The van der Waals surface area contributed by atoms with E-state index >= 15 is 0 Å². The first-order valence-electron chi connectivity index (χ1n) is 9.60. The lowest BCUT2D eigenvalue weighted by Gasteiger charge is -2.39. The maximum Gasteiger partial charge on any atom is 0.317 e. The number of carbonyl (C=O) groups is 1. The Morgan fingerprint density at radius 2 is 1.88 bits per heavy atom. The van der Waals surface area contributed by atoms with Crippen molar-refractivity contribution in [3.8, 4) is 0 Å². The van der Waals surface area contributed by atoms with Crippen LogP contribution in [0.3, 0.4) is 0 Å². The highest BCUT2D eigenvalue weighted by atomic mass is 16.3.